The molecule has 3 heteroatoms. The molecule has 0 aliphatic carbocycles. The molecule has 13 heavy (non-hydrogen) atoms. The number of pyridine rings is 1. The summed E-state index contributed by atoms with van der Waals surface area (Å²) in [6.07, 6.45) is 0. The van der Waals surface area contributed by atoms with Crippen molar-refractivity contribution < 1.29 is 4.39 Å². The van der Waals surface area contributed by atoms with E-state index in [2.05, 4.69) is 4.98 Å². The molecule has 0 unspecified atom stereocenters. The summed E-state index contributed by atoms with van der Waals surface area (Å²) in [4.78, 5) is 4.07. The Morgan fingerprint density at radius 1 is 1.38 bits per heavy atom. The third kappa shape index (κ3) is 1.22. The quantitative estimate of drug-likeness (QED) is 0.668. The molecule has 2 N–H and O–H groups in total. The second-order valence-corrected chi connectivity index (χ2v) is 2.97. The molecule has 0 spiro atoms. The summed E-state index contributed by atoms with van der Waals surface area (Å²) in [6.45, 7) is 1.77. The van der Waals surface area contributed by atoms with Crippen LogP contribution in [0.25, 0.3) is 10.9 Å². The van der Waals surface area contributed by atoms with Gasteiger partial charge in [0.25, 0.3) is 0 Å². The number of hydrogen-bond donors (Lipinski definition) is 1. The van der Waals surface area contributed by atoms with Crippen LogP contribution >= 0.6 is 0 Å². The first-order chi connectivity index (χ1) is 6.18. The number of aryl methyl sites for hydroxylation is 1. The number of rotatable bonds is 0. The smallest absolute Gasteiger partial charge is 0.149 e. The van der Waals surface area contributed by atoms with Crippen molar-refractivity contribution in [2.24, 2.45) is 0 Å². The molecule has 0 amide bonds. The zero-order chi connectivity index (χ0) is 9.42. The van der Waals surface area contributed by atoms with Gasteiger partial charge in [0.15, 0.2) is 0 Å². The number of anilines is 1. The summed E-state index contributed by atoms with van der Waals surface area (Å²) in [5.74, 6) is -0.305. The van der Waals surface area contributed by atoms with Gasteiger partial charge in [-0.15, -0.1) is 0 Å². The lowest BCUT2D eigenvalue weighted by molar-refractivity contribution is 0.636. The van der Waals surface area contributed by atoms with E-state index in [9.17, 15) is 4.39 Å². The van der Waals surface area contributed by atoms with Crippen molar-refractivity contribution in [2.45, 2.75) is 6.92 Å². The molecular formula is C10H9FN2. The molecule has 0 aliphatic heterocycles. The van der Waals surface area contributed by atoms with Crippen LogP contribution in [-0.2, 0) is 0 Å². The van der Waals surface area contributed by atoms with Gasteiger partial charge in [-0.2, -0.15) is 0 Å². The van der Waals surface area contributed by atoms with Gasteiger partial charge in [-0.05, 0) is 19.1 Å². The minimum atomic E-state index is -0.305. The second kappa shape index (κ2) is 2.69. The highest BCUT2D eigenvalue weighted by molar-refractivity contribution is 5.82. The molecule has 0 radical (unpaired) electrons. The number of benzene rings is 1. The molecule has 0 saturated carbocycles. The number of para-hydroxylation sites is 1. The fourth-order valence-corrected chi connectivity index (χ4v) is 1.27. The van der Waals surface area contributed by atoms with Crippen LogP contribution in [0.3, 0.4) is 0 Å². The first kappa shape index (κ1) is 7.98. The van der Waals surface area contributed by atoms with Gasteiger partial charge in [0.1, 0.15) is 11.3 Å². The van der Waals surface area contributed by atoms with E-state index in [1.165, 1.54) is 6.07 Å². The van der Waals surface area contributed by atoms with Gasteiger partial charge in [-0.3, -0.25) is 0 Å². The van der Waals surface area contributed by atoms with Crippen LogP contribution in [0.1, 0.15) is 5.69 Å². The van der Waals surface area contributed by atoms with Crippen molar-refractivity contribution in [3.63, 3.8) is 0 Å². The predicted molar refractivity (Wildman–Crippen MR) is 50.9 cm³/mol. The monoisotopic (exact) mass is 176 g/mol. The number of fused-ring (bicyclic) bond motifs is 1. The molecule has 1 aromatic heterocycles. The molecule has 2 rings (SSSR count). The highest BCUT2D eigenvalue weighted by Crippen LogP contribution is 2.19. The first-order valence-electron chi connectivity index (χ1n) is 4.00. The summed E-state index contributed by atoms with van der Waals surface area (Å²) >= 11 is 0. The average Bonchev–Trinajstić information content (AvgIpc) is 2.09. The Hall–Kier alpha value is -1.64. The number of hydrogen-bond acceptors (Lipinski definition) is 2. The lowest BCUT2D eigenvalue weighted by Crippen LogP contribution is -1.94. The fourth-order valence-electron chi connectivity index (χ4n) is 1.27. The number of nitrogen functional groups attached to an aromatic ring is 1. The minimum Gasteiger partial charge on any atom is -0.397 e. The van der Waals surface area contributed by atoms with E-state index in [0.29, 0.717) is 16.9 Å². The normalized spacial score (nSPS) is 10.6. The maximum Gasteiger partial charge on any atom is 0.149 e. The largest absolute Gasteiger partial charge is 0.397 e. The zero-order valence-electron chi connectivity index (χ0n) is 7.21. The van der Waals surface area contributed by atoms with Crippen LogP contribution < -0.4 is 5.73 Å². The van der Waals surface area contributed by atoms with Gasteiger partial charge < -0.3 is 5.73 Å². The predicted octanol–water partition coefficient (Wildman–Crippen LogP) is 2.26. The van der Waals surface area contributed by atoms with Gasteiger partial charge in [-0.1, -0.05) is 12.1 Å². The van der Waals surface area contributed by atoms with Gasteiger partial charge in [-0.25, -0.2) is 9.37 Å². The van der Waals surface area contributed by atoms with E-state index in [1.807, 2.05) is 0 Å². The second-order valence-electron chi connectivity index (χ2n) is 2.97. The Labute approximate surface area is 75.2 Å². The van der Waals surface area contributed by atoms with Gasteiger partial charge in [0.2, 0.25) is 0 Å². The maximum absolute atomic E-state index is 13.2. The molecule has 2 aromatic rings. The van der Waals surface area contributed by atoms with Crippen molar-refractivity contribution in [3.05, 3.63) is 35.8 Å². The van der Waals surface area contributed by atoms with E-state index in [0.717, 1.165) is 5.39 Å². The Morgan fingerprint density at radius 2 is 2.15 bits per heavy atom. The minimum absolute atomic E-state index is 0.305. The van der Waals surface area contributed by atoms with Gasteiger partial charge >= 0.3 is 0 Å². The molecule has 66 valence electrons. The van der Waals surface area contributed by atoms with Crippen LogP contribution in [0.5, 0.6) is 0 Å². The fraction of sp³-hybridized carbons (Fsp3) is 0.100. The molecule has 0 fully saturated rings. The van der Waals surface area contributed by atoms with Crippen molar-refractivity contribution in [1.29, 1.82) is 0 Å². The van der Waals surface area contributed by atoms with E-state index in [4.69, 9.17) is 5.73 Å². The molecule has 1 heterocycles. The standard InChI is InChI=1S/C10H9FN2/c1-6-9(12)5-7-3-2-4-8(11)10(7)13-6/h2-5H,12H2,1H3. The Morgan fingerprint density at radius 3 is 2.92 bits per heavy atom. The van der Waals surface area contributed by atoms with Gasteiger partial charge in [0.05, 0.1) is 11.4 Å². The molecule has 0 saturated heterocycles. The van der Waals surface area contributed by atoms with Crippen molar-refractivity contribution in [2.75, 3.05) is 5.73 Å². The Bertz CT molecular complexity index is 466. The number of aromatic nitrogens is 1. The van der Waals surface area contributed by atoms with Crippen molar-refractivity contribution in [1.82, 2.24) is 4.98 Å². The SMILES string of the molecule is Cc1nc2c(F)cccc2cc1N. The van der Waals surface area contributed by atoms with Crippen LogP contribution in [0.15, 0.2) is 24.3 Å². The lowest BCUT2D eigenvalue weighted by Gasteiger charge is -2.02. The van der Waals surface area contributed by atoms with Crippen molar-refractivity contribution >= 4 is 16.6 Å². The first-order valence-corrected chi connectivity index (χ1v) is 4.00. The third-order valence-corrected chi connectivity index (χ3v) is 2.03. The van der Waals surface area contributed by atoms with E-state index >= 15 is 0 Å². The molecule has 2 nitrogen and oxygen atoms in total. The summed E-state index contributed by atoms with van der Waals surface area (Å²) in [5.41, 5.74) is 7.29. The highest BCUT2D eigenvalue weighted by Gasteiger charge is 2.03. The average molecular weight is 176 g/mol. The van der Waals surface area contributed by atoms with Crippen LogP contribution in [0, 0.1) is 12.7 Å². The summed E-state index contributed by atoms with van der Waals surface area (Å²) in [6, 6.07) is 6.57. The molecule has 0 aliphatic rings. The number of nitrogens with two attached hydrogens (primary N) is 1. The Kier molecular flexibility index (Phi) is 1.65. The number of halogens is 1. The van der Waals surface area contributed by atoms with E-state index in [1.54, 1.807) is 25.1 Å². The number of nitrogens with zero attached hydrogens (tertiary/aromatic N) is 1. The molecular weight excluding hydrogens is 167 g/mol. The van der Waals surface area contributed by atoms with Crippen LogP contribution in [0.2, 0.25) is 0 Å². The maximum atomic E-state index is 13.2. The molecule has 0 atom stereocenters. The summed E-state index contributed by atoms with van der Waals surface area (Å²) in [7, 11) is 0. The highest BCUT2D eigenvalue weighted by atomic mass is 19.1. The lowest BCUT2D eigenvalue weighted by atomic mass is 10.2. The zero-order valence-corrected chi connectivity index (χ0v) is 7.21. The summed E-state index contributed by atoms with van der Waals surface area (Å²) in [5, 5.41) is 0.739. The van der Waals surface area contributed by atoms with Crippen molar-refractivity contribution in [3.8, 4) is 0 Å². The topological polar surface area (TPSA) is 38.9 Å². The van der Waals surface area contributed by atoms with Crippen LogP contribution in [-0.4, -0.2) is 4.98 Å². The Balaban J connectivity index is 2.89. The third-order valence-electron chi connectivity index (χ3n) is 2.03. The summed E-state index contributed by atoms with van der Waals surface area (Å²) < 4.78 is 13.2. The molecule has 1 aromatic carbocycles. The van der Waals surface area contributed by atoms with Crippen LogP contribution in [0.4, 0.5) is 10.1 Å². The van der Waals surface area contributed by atoms with E-state index in [-0.39, 0.29) is 5.82 Å². The van der Waals surface area contributed by atoms with Gasteiger partial charge in [0, 0.05) is 5.39 Å². The van der Waals surface area contributed by atoms with E-state index < -0.39 is 0 Å². The molecule has 0 bridgehead atoms.